The van der Waals surface area contributed by atoms with E-state index in [1.54, 1.807) is 12.1 Å². The van der Waals surface area contributed by atoms with E-state index in [0.29, 0.717) is 24.7 Å². The molecule has 5 heteroatoms. The highest BCUT2D eigenvalue weighted by Gasteiger charge is 2.18. The zero-order valence-corrected chi connectivity index (χ0v) is 14.1. The summed E-state index contributed by atoms with van der Waals surface area (Å²) in [4.78, 5) is 12.1. The van der Waals surface area contributed by atoms with E-state index in [0.717, 1.165) is 36.3 Å². The Morgan fingerprint density at radius 3 is 2.75 bits per heavy atom. The van der Waals surface area contributed by atoms with Crippen LogP contribution < -0.4 is 10.1 Å². The first-order valence-corrected chi connectivity index (χ1v) is 8.31. The fourth-order valence-electron chi connectivity index (χ4n) is 2.85. The van der Waals surface area contributed by atoms with Gasteiger partial charge < -0.3 is 19.2 Å². The van der Waals surface area contributed by atoms with Gasteiger partial charge in [-0.1, -0.05) is 18.2 Å². The third-order valence-electron chi connectivity index (χ3n) is 4.17. The van der Waals surface area contributed by atoms with Crippen molar-refractivity contribution in [3.63, 3.8) is 0 Å². The molecular formula is C19H23NO4. The quantitative estimate of drug-likeness (QED) is 0.882. The van der Waals surface area contributed by atoms with Gasteiger partial charge in [-0.15, -0.1) is 0 Å². The lowest BCUT2D eigenvalue weighted by molar-refractivity contribution is 0.0832. The van der Waals surface area contributed by atoms with Crippen LogP contribution in [-0.4, -0.2) is 25.2 Å². The number of para-hydroxylation sites is 1. The summed E-state index contributed by atoms with van der Waals surface area (Å²) in [7, 11) is 0. The minimum absolute atomic E-state index is 0.121. The predicted molar refractivity (Wildman–Crippen MR) is 90.3 cm³/mol. The molecule has 1 aliphatic rings. The second kappa shape index (κ2) is 7.53. The monoisotopic (exact) mass is 329 g/mol. The van der Waals surface area contributed by atoms with E-state index in [4.69, 9.17) is 13.9 Å². The molecule has 1 aromatic carbocycles. The maximum absolute atomic E-state index is 12.1. The summed E-state index contributed by atoms with van der Waals surface area (Å²) < 4.78 is 16.9. The van der Waals surface area contributed by atoms with Crippen LogP contribution in [0.25, 0.3) is 0 Å². The molecule has 2 aromatic rings. The summed E-state index contributed by atoms with van der Waals surface area (Å²) in [5, 5.41) is 2.85. The number of hydrogen-bond acceptors (Lipinski definition) is 4. The van der Waals surface area contributed by atoms with E-state index < -0.39 is 0 Å². The number of benzene rings is 1. The Labute approximate surface area is 141 Å². The van der Waals surface area contributed by atoms with Crippen molar-refractivity contribution in [2.24, 2.45) is 0 Å². The molecule has 1 aromatic heterocycles. The maximum atomic E-state index is 12.1. The van der Waals surface area contributed by atoms with Crippen LogP contribution in [0.3, 0.4) is 0 Å². The van der Waals surface area contributed by atoms with E-state index >= 15 is 0 Å². The second-order valence-electron chi connectivity index (χ2n) is 6.12. The SMILES string of the molecule is Cc1cccc(C)c1OCc1ccc(C(=O)NCC2CCCO2)o1. The van der Waals surface area contributed by atoms with Gasteiger partial charge in [0.1, 0.15) is 18.1 Å². The molecule has 1 saturated heterocycles. The van der Waals surface area contributed by atoms with Gasteiger partial charge in [-0.25, -0.2) is 0 Å². The Bertz CT molecular complexity index is 681. The minimum Gasteiger partial charge on any atom is -0.485 e. The number of hydrogen-bond donors (Lipinski definition) is 1. The van der Waals surface area contributed by atoms with Gasteiger partial charge in [0.25, 0.3) is 5.91 Å². The van der Waals surface area contributed by atoms with E-state index in [2.05, 4.69) is 5.32 Å². The van der Waals surface area contributed by atoms with Crippen LogP contribution >= 0.6 is 0 Å². The molecule has 1 atom stereocenters. The topological polar surface area (TPSA) is 60.7 Å². The van der Waals surface area contributed by atoms with E-state index in [-0.39, 0.29) is 12.0 Å². The molecule has 1 N–H and O–H groups in total. The van der Waals surface area contributed by atoms with Crippen molar-refractivity contribution in [3.05, 3.63) is 53.0 Å². The highest BCUT2D eigenvalue weighted by molar-refractivity contribution is 5.91. The Morgan fingerprint density at radius 2 is 2.04 bits per heavy atom. The first kappa shape index (κ1) is 16.6. The lowest BCUT2D eigenvalue weighted by Gasteiger charge is -2.11. The Balaban J connectivity index is 1.54. The number of nitrogens with one attached hydrogen (secondary N) is 1. The number of amides is 1. The lowest BCUT2D eigenvalue weighted by Crippen LogP contribution is -2.31. The van der Waals surface area contributed by atoms with E-state index in [1.165, 1.54) is 0 Å². The van der Waals surface area contributed by atoms with Crippen LogP contribution in [0, 0.1) is 13.8 Å². The number of carbonyl (C=O) groups excluding carboxylic acids is 1. The molecule has 0 saturated carbocycles. The van der Waals surface area contributed by atoms with Crippen molar-refractivity contribution in [2.75, 3.05) is 13.2 Å². The molecule has 1 amide bonds. The van der Waals surface area contributed by atoms with Gasteiger partial charge in [0.2, 0.25) is 0 Å². The number of carbonyl (C=O) groups is 1. The number of rotatable bonds is 6. The smallest absolute Gasteiger partial charge is 0.287 e. The maximum Gasteiger partial charge on any atom is 0.287 e. The van der Waals surface area contributed by atoms with Gasteiger partial charge in [-0.05, 0) is 49.9 Å². The van der Waals surface area contributed by atoms with Crippen LogP contribution in [0.5, 0.6) is 5.75 Å². The van der Waals surface area contributed by atoms with Gasteiger partial charge in [0.15, 0.2) is 5.76 Å². The minimum atomic E-state index is -0.219. The average Bonchev–Trinajstić information content (AvgIpc) is 3.24. The van der Waals surface area contributed by atoms with Crippen molar-refractivity contribution >= 4 is 5.91 Å². The molecule has 0 radical (unpaired) electrons. The average molecular weight is 329 g/mol. The number of furan rings is 1. The van der Waals surface area contributed by atoms with Crippen LogP contribution in [0.15, 0.2) is 34.7 Å². The zero-order chi connectivity index (χ0) is 16.9. The summed E-state index contributed by atoms with van der Waals surface area (Å²) in [6.45, 7) is 5.61. The highest BCUT2D eigenvalue weighted by atomic mass is 16.5. The molecule has 2 heterocycles. The van der Waals surface area contributed by atoms with Gasteiger partial charge in [0.05, 0.1) is 6.10 Å². The zero-order valence-electron chi connectivity index (χ0n) is 14.1. The molecule has 0 bridgehead atoms. The Hall–Kier alpha value is -2.27. The van der Waals surface area contributed by atoms with Crippen molar-refractivity contribution in [1.82, 2.24) is 5.32 Å². The standard InChI is InChI=1S/C19H23NO4/c1-13-5-3-6-14(2)18(13)23-12-16-8-9-17(24-16)19(21)20-11-15-7-4-10-22-15/h3,5-6,8-9,15H,4,7,10-12H2,1-2H3,(H,20,21). The molecule has 3 rings (SSSR count). The van der Waals surface area contributed by atoms with Gasteiger partial charge in [-0.3, -0.25) is 4.79 Å². The normalized spacial score (nSPS) is 17.0. The summed E-state index contributed by atoms with van der Waals surface area (Å²) in [6.07, 6.45) is 2.17. The molecule has 0 aliphatic carbocycles. The van der Waals surface area contributed by atoms with E-state index in [9.17, 15) is 4.79 Å². The van der Waals surface area contributed by atoms with Gasteiger partial charge in [0, 0.05) is 13.2 Å². The molecule has 128 valence electrons. The van der Waals surface area contributed by atoms with Crippen LogP contribution in [-0.2, 0) is 11.3 Å². The molecule has 24 heavy (non-hydrogen) atoms. The third kappa shape index (κ3) is 3.97. The van der Waals surface area contributed by atoms with Gasteiger partial charge >= 0.3 is 0 Å². The fraction of sp³-hybridized carbons (Fsp3) is 0.421. The van der Waals surface area contributed by atoms with Crippen molar-refractivity contribution < 1.29 is 18.7 Å². The molecule has 0 spiro atoms. The fourth-order valence-corrected chi connectivity index (χ4v) is 2.85. The van der Waals surface area contributed by atoms with Crippen molar-refractivity contribution in [2.45, 2.75) is 39.4 Å². The number of aryl methyl sites for hydroxylation is 2. The third-order valence-corrected chi connectivity index (χ3v) is 4.17. The molecule has 5 nitrogen and oxygen atoms in total. The first-order chi connectivity index (χ1) is 11.6. The Kier molecular flexibility index (Phi) is 5.20. The molecular weight excluding hydrogens is 306 g/mol. The summed E-state index contributed by atoms with van der Waals surface area (Å²) in [5.41, 5.74) is 2.16. The molecule has 1 unspecified atom stereocenters. The first-order valence-electron chi connectivity index (χ1n) is 8.31. The summed E-state index contributed by atoms with van der Waals surface area (Å²) in [5.74, 6) is 1.56. The largest absolute Gasteiger partial charge is 0.485 e. The van der Waals surface area contributed by atoms with Crippen LogP contribution in [0.4, 0.5) is 0 Å². The molecule has 1 fully saturated rings. The number of ether oxygens (including phenoxy) is 2. The lowest BCUT2D eigenvalue weighted by atomic mass is 10.1. The highest BCUT2D eigenvalue weighted by Crippen LogP contribution is 2.23. The summed E-state index contributed by atoms with van der Waals surface area (Å²) in [6, 6.07) is 9.46. The van der Waals surface area contributed by atoms with Crippen LogP contribution in [0.1, 0.15) is 40.3 Å². The van der Waals surface area contributed by atoms with Crippen LogP contribution in [0.2, 0.25) is 0 Å². The van der Waals surface area contributed by atoms with Crippen molar-refractivity contribution in [1.29, 1.82) is 0 Å². The second-order valence-corrected chi connectivity index (χ2v) is 6.12. The predicted octanol–water partition coefficient (Wildman–Crippen LogP) is 3.38. The summed E-state index contributed by atoms with van der Waals surface area (Å²) >= 11 is 0. The molecule has 1 aliphatic heterocycles. The Morgan fingerprint density at radius 1 is 1.25 bits per heavy atom. The van der Waals surface area contributed by atoms with Gasteiger partial charge in [-0.2, -0.15) is 0 Å². The van der Waals surface area contributed by atoms with E-state index in [1.807, 2.05) is 32.0 Å². The van der Waals surface area contributed by atoms with Crippen molar-refractivity contribution in [3.8, 4) is 5.75 Å².